The number of hydrogen-bond acceptors (Lipinski definition) is 3. The van der Waals surface area contributed by atoms with Crippen molar-refractivity contribution in [2.75, 3.05) is 12.4 Å². The molecule has 2 rings (SSSR count). The molecule has 0 aliphatic rings. The van der Waals surface area contributed by atoms with Gasteiger partial charge in [-0.1, -0.05) is 12.1 Å². The maximum Gasteiger partial charge on any atom is 0.226 e. The van der Waals surface area contributed by atoms with Gasteiger partial charge in [0.05, 0.1) is 19.6 Å². The summed E-state index contributed by atoms with van der Waals surface area (Å²) in [7, 11) is 1.57. The van der Waals surface area contributed by atoms with Crippen LogP contribution in [0.25, 0.3) is 0 Å². The molecule has 6 heteroatoms. The summed E-state index contributed by atoms with van der Waals surface area (Å²) in [6.07, 6.45) is 0.0588. The van der Waals surface area contributed by atoms with Crippen LogP contribution >= 0.6 is 0 Å². The van der Waals surface area contributed by atoms with Gasteiger partial charge < -0.3 is 15.4 Å². The number of amides is 2. The average molecular weight is 330 g/mol. The van der Waals surface area contributed by atoms with Gasteiger partial charge in [-0.25, -0.2) is 4.39 Å². The van der Waals surface area contributed by atoms with E-state index in [1.807, 2.05) is 0 Å². The van der Waals surface area contributed by atoms with Gasteiger partial charge in [0.25, 0.3) is 0 Å². The summed E-state index contributed by atoms with van der Waals surface area (Å²) >= 11 is 0. The molecule has 0 radical (unpaired) electrons. The average Bonchev–Trinajstić information content (AvgIpc) is 2.56. The number of benzene rings is 2. The predicted octanol–water partition coefficient (Wildman–Crippen LogP) is 3.04. The Hall–Kier alpha value is -2.89. The van der Waals surface area contributed by atoms with Gasteiger partial charge in [0.15, 0.2) is 0 Å². The first-order valence-electron chi connectivity index (χ1n) is 7.44. The Labute approximate surface area is 139 Å². The highest BCUT2D eigenvalue weighted by molar-refractivity contribution is 5.91. The van der Waals surface area contributed by atoms with Crippen LogP contribution in [-0.2, 0) is 9.59 Å². The number of carbonyl (C=O) groups excluding carboxylic acids is 2. The van der Waals surface area contributed by atoms with Crippen molar-refractivity contribution in [3.05, 3.63) is 59.9 Å². The van der Waals surface area contributed by atoms with Crippen molar-refractivity contribution < 1.29 is 18.7 Å². The maximum absolute atomic E-state index is 12.9. The monoisotopic (exact) mass is 330 g/mol. The quantitative estimate of drug-likeness (QED) is 0.855. The molecule has 0 saturated heterocycles. The Kier molecular flexibility index (Phi) is 5.89. The molecule has 0 heterocycles. The van der Waals surface area contributed by atoms with Crippen LogP contribution < -0.4 is 15.4 Å². The minimum Gasteiger partial charge on any atom is -0.497 e. The van der Waals surface area contributed by atoms with Crippen LogP contribution in [-0.4, -0.2) is 18.9 Å². The zero-order valence-electron chi connectivity index (χ0n) is 13.5. The fourth-order valence-electron chi connectivity index (χ4n) is 2.26. The summed E-state index contributed by atoms with van der Waals surface area (Å²) in [6.45, 7) is 1.40. The Morgan fingerprint density at radius 2 is 1.71 bits per heavy atom. The molecule has 0 fully saturated rings. The van der Waals surface area contributed by atoms with E-state index in [0.717, 1.165) is 5.56 Å². The molecule has 0 saturated carbocycles. The molecule has 24 heavy (non-hydrogen) atoms. The van der Waals surface area contributed by atoms with Crippen molar-refractivity contribution in [2.45, 2.75) is 19.4 Å². The van der Waals surface area contributed by atoms with Crippen LogP contribution in [0.3, 0.4) is 0 Å². The number of rotatable bonds is 6. The van der Waals surface area contributed by atoms with E-state index in [1.165, 1.54) is 31.2 Å². The summed E-state index contributed by atoms with van der Waals surface area (Å²) in [5, 5.41) is 5.44. The first-order valence-corrected chi connectivity index (χ1v) is 7.44. The zero-order chi connectivity index (χ0) is 17.5. The highest BCUT2D eigenvalue weighted by atomic mass is 19.1. The summed E-state index contributed by atoms with van der Waals surface area (Å²) in [6, 6.07) is 12.2. The van der Waals surface area contributed by atoms with Gasteiger partial charge in [-0.15, -0.1) is 0 Å². The minimum absolute atomic E-state index is 0.0588. The molecule has 0 aliphatic carbocycles. The topological polar surface area (TPSA) is 67.4 Å². The Morgan fingerprint density at radius 3 is 2.25 bits per heavy atom. The Morgan fingerprint density at radius 1 is 1.08 bits per heavy atom. The van der Waals surface area contributed by atoms with E-state index < -0.39 is 6.04 Å². The lowest BCUT2D eigenvalue weighted by molar-refractivity contribution is -0.120. The van der Waals surface area contributed by atoms with E-state index in [1.54, 1.807) is 31.4 Å². The molecule has 1 atom stereocenters. The molecule has 5 nitrogen and oxygen atoms in total. The molecule has 2 aromatic rings. The standard InChI is InChI=1S/C18H19FN2O3/c1-12(22)20-17(13-3-9-16(24-2)10-4-13)11-18(23)21-15-7-5-14(19)6-8-15/h3-10,17H,11H2,1-2H3,(H,20,22)(H,21,23). The summed E-state index contributed by atoms with van der Waals surface area (Å²) < 4.78 is 18.0. The lowest BCUT2D eigenvalue weighted by atomic mass is 10.0. The van der Waals surface area contributed by atoms with E-state index in [9.17, 15) is 14.0 Å². The van der Waals surface area contributed by atoms with Gasteiger partial charge >= 0.3 is 0 Å². The van der Waals surface area contributed by atoms with Crippen molar-refractivity contribution in [2.24, 2.45) is 0 Å². The number of nitrogens with one attached hydrogen (secondary N) is 2. The van der Waals surface area contributed by atoms with E-state index in [2.05, 4.69) is 10.6 Å². The maximum atomic E-state index is 12.9. The summed E-state index contributed by atoms with van der Waals surface area (Å²) in [4.78, 5) is 23.6. The highest BCUT2D eigenvalue weighted by Gasteiger charge is 2.17. The second kappa shape index (κ2) is 8.10. The van der Waals surface area contributed by atoms with Gasteiger partial charge in [0.2, 0.25) is 11.8 Å². The van der Waals surface area contributed by atoms with Gasteiger partial charge in [0, 0.05) is 12.6 Å². The van der Waals surface area contributed by atoms with Crippen LogP contribution in [0.1, 0.15) is 24.9 Å². The van der Waals surface area contributed by atoms with Crippen molar-refractivity contribution in [3.8, 4) is 5.75 Å². The fraction of sp³-hybridized carbons (Fsp3) is 0.222. The fourth-order valence-corrected chi connectivity index (χ4v) is 2.26. The Bertz CT molecular complexity index is 699. The van der Waals surface area contributed by atoms with Crippen LogP contribution in [0.4, 0.5) is 10.1 Å². The third-order valence-electron chi connectivity index (χ3n) is 3.41. The molecule has 126 valence electrons. The van der Waals surface area contributed by atoms with Crippen LogP contribution in [0.5, 0.6) is 5.75 Å². The lowest BCUT2D eigenvalue weighted by Crippen LogP contribution is -2.29. The third-order valence-corrected chi connectivity index (χ3v) is 3.41. The van der Waals surface area contributed by atoms with Crippen LogP contribution in [0.15, 0.2) is 48.5 Å². The molecular formula is C18H19FN2O3. The smallest absolute Gasteiger partial charge is 0.226 e. The molecule has 0 spiro atoms. The van der Waals surface area contributed by atoms with Crippen molar-refractivity contribution in [1.29, 1.82) is 0 Å². The molecule has 2 aromatic carbocycles. The molecule has 0 bridgehead atoms. The molecule has 0 aromatic heterocycles. The number of carbonyl (C=O) groups is 2. The van der Waals surface area contributed by atoms with E-state index in [-0.39, 0.29) is 24.1 Å². The largest absolute Gasteiger partial charge is 0.497 e. The van der Waals surface area contributed by atoms with E-state index in [4.69, 9.17) is 4.74 Å². The number of hydrogen-bond donors (Lipinski definition) is 2. The number of ether oxygens (including phenoxy) is 1. The molecule has 1 unspecified atom stereocenters. The molecular weight excluding hydrogens is 311 g/mol. The van der Waals surface area contributed by atoms with E-state index >= 15 is 0 Å². The zero-order valence-corrected chi connectivity index (χ0v) is 13.5. The first-order chi connectivity index (χ1) is 11.5. The number of halogens is 1. The molecule has 2 N–H and O–H groups in total. The van der Waals surface area contributed by atoms with Crippen molar-refractivity contribution in [3.63, 3.8) is 0 Å². The highest BCUT2D eigenvalue weighted by Crippen LogP contribution is 2.21. The van der Waals surface area contributed by atoms with Crippen molar-refractivity contribution in [1.82, 2.24) is 5.32 Å². The lowest BCUT2D eigenvalue weighted by Gasteiger charge is -2.18. The van der Waals surface area contributed by atoms with Gasteiger partial charge in [-0.05, 0) is 42.0 Å². The summed E-state index contributed by atoms with van der Waals surface area (Å²) in [5.74, 6) is -0.194. The van der Waals surface area contributed by atoms with Crippen LogP contribution in [0.2, 0.25) is 0 Å². The molecule has 0 aliphatic heterocycles. The third kappa shape index (κ3) is 5.08. The Balaban J connectivity index is 2.08. The van der Waals surface area contributed by atoms with E-state index in [0.29, 0.717) is 11.4 Å². The first kappa shape index (κ1) is 17.5. The number of methoxy groups -OCH3 is 1. The normalized spacial score (nSPS) is 11.5. The SMILES string of the molecule is COc1ccc(C(CC(=O)Nc2ccc(F)cc2)NC(C)=O)cc1. The summed E-state index contributed by atoms with van der Waals surface area (Å²) in [5.41, 5.74) is 1.29. The van der Waals surface area contributed by atoms with Crippen molar-refractivity contribution >= 4 is 17.5 Å². The van der Waals surface area contributed by atoms with Gasteiger partial charge in [0.1, 0.15) is 11.6 Å². The molecule has 2 amide bonds. The predicted molar refractivity (Wildman–Crippen MR) is 89.2 cm³/mol. The van der Waals surface area contributed by atoms with Gasteiger partial charge in [-0.2, -0.15) is 0 Å². The second-order valence-electron chi connectivity index (χ2n) is 5.29. The van der Waals surface area contributed by atoms with Crippen LogP contribution in [0, 0.1) is 5.82 Å². The minimum atomic E-state index is -0.464. The number of anilines is 1. The second-order valence-corrected chi connectivity index (χ2v) is 5.29. The van der Waals surface area contributed by atoms with Gasteiger partial charge in [-0.3, -0.25) is 9.59 Å².